The minimum Gasteiger partial charge on any atom is -0.272 e. The zero-order valence-corrected chi connectivity index (χ0v) is 21.0. The Morgan fingerprint density at radius 2 is 1.58 bits per heavy atom. The van der Waals surface area contributed by atoms with Gasteiger partial charge in [-0.05, 0) is 36.6 Å². The first-order valence-electron chi connectivity index (χ1n) is 10.1. The van der Waals surface area contributed by atoms with Crippen molar-refractivity contribution >= 4 is 66.9 Å². The van der Waals surface area contributed by atoms with Crippen molar-refractivity contribution in [1.29, 1.82) is 0 Å². The molecule has 2 fully saturated rings. The molecule has 0 N–H and O–H groups in total. The van der Waals surface area contributed by atoms with Gasteiger partial charge in [0.2, 0.25) is 0 Å². The lowest BCUT2D eigenvalue weighted by atomic mass is 9.81. The Morgan fingerprint density at radius 3 is 2.12 bits per heavy atom. The Hall–Kier alpha value is -2.30. The lowest BCUT2D eigenvalue weighted by Crippen LogP contribution is -2.50. The first-order chi connectivity index (χ1) is 15.7. The number of hydrogen-bond acceptors (Lipinski definition) is 5. The van der Waals surface area contributed by atoms with Crippen LogP contribution in [-0.2, 0) is 16.1 Å². The maximum absolute atomic E-state index is 13.6. The van der Waals surface area contributed by atoms with E-state index in [1.807, 2.05) is 0 Å². The number of hydrazine groups is 1. The number of imide groups is 1. The Morgan fingerprint density at radius 1 is 1.03 bits per heavy atom. The summed E-state index contributed by atoms with van der Waals surface area (Å²) >= 11 is 13.1. The van der Waals surface area contributed by atoms with Gasteiger partial charge in [0.25, 0.3) is 23.4 Å². The van der Waals surface area contributed by atoms with Crippen LogP contribution in [0.1, 0.15) is 28.8 Å². The van der Waals surface area contributed by atoms with Crippen molar-refractivity contribution in [3.8, 4) is 0 Å². The van der Waals surface area contributed by atoms with Gasteiger partial charge in [0.1, 0.15) is 5.56 Å². The van der Waals surface area contributed by atoms with Crippen LogP contribution in [0.15, 0.2) is 48.5 Å². The minimum atomic E-state index is -0.802. The van der Waals surface area contributed by atoms with Crippen molar-refractivity contribution in [2.45, 2.75) is 29.0 Å². The molecule has 1 saturated heterocycles. The Kier molecular flexibility index (Phi) is 6.88. The molecule has 8 nitrogen and oxygen atoms in total. The number of nitrogens with zero attached hydrogens (tertiary/aromatic N) is 3. The molecule has 3 amide bonds. The van der Waals surface area contributed by atoms with E-state index in [-0.39, 0.29) is 21.8 Å². The largest absolute Gasteiger partial charge is 0.282 e. The number of carbonyl (C=O) groups is 3. The van der Waals surface area contributed by atoms with Gasteiger partial charge in [-0.2, -0.15) is 5.01 Å². The molecule has 0 unspecified atom stereocenters. The van der Waals surface area contributed by atoms with Crippen LogP contribution in [0.4, 0.5) is 5.69 Å². The SMILES string of the molecule is O=C(c1ccccc1[N+](=O)[O-])N(Cc1ccc(Cl)cc1)N1C(=O)[C@@H]2C[C@@H](Br)[C@@H](Br)C[C@H]2C1=O. The van der Waals surface area contributed by atoms with Gasteiger partial charge in [-0.25, -0.2) is 5.01 Å². The molecule has 1 saturated carbocycles. The molecular weight excluding hydrogens is 582 g/mol. The fourth-order valence-corrected chi connectivity index (χ4v) is 5.63. The summed E-state index contributed by atoms with van der Waals surface area (Å²) in [6.45, 7) is -0.131. The monoisotopic (exact) mass is 597 g/mol. The first-order valence-corrected chi connectivity index (χ1v) is 12.4. The molecule has 11 heteroatoms. The fourth-order valence-electron chi connectivity index (χ4n) is 4.26. The van der Waals surface area contributed by atoms with E-state index in [2.05, 4.69) is 31.9 Å². The Bertz CT molecular complexity index is 1100. The summed E-state index contributed by atoms with van der Waals surface area (Å²) in [5, 5.41) is 13.9. The van der Waals surface area contributed by atoms with Crippen molar-refractivity contribution in [1.82, 2.24) is 10.0 Å². The maximum Gasteiger partial charge on any atom is 0.282 e. The smallest absolute Gasteiger partial charge is 0.272 e. The summed E-state index contributed by atoms with van der Waals surface area (Å²) in [4.78, 5) is 51.2. The molecule has 2 aromatic carbocycles. The number of carbonyl (C=O) groups excluding carboxylic acids is 3. The molecule has 1 aliphatic heterocycles. The van der Waals surface area contributed by atoms with Crippen LogP contribution in [0.3, 0.4) is 0 Å². The maximum atomic E-state index is 13.6. The topological polar surface area (TPSA) is 101 Å². The number of para-hydroxylation sites is 1. The van der Waals surface area contributed by atoms with E-state index in [0.717, 1.165) is 10.0 Å². The molecule has 4 rings (SSSR count). The molecule has 33 heavy (non-hydrogen) atoms. The molecule has 0 bridgehead atoms. The number of halogens is 3. The zero-order chi connectivity index (χ0) is 23.9. The molecule has 0 radical (unpaired) electrons. The standard InChI is InChI=1S/C22H18Br2ClN3O5/c23-17-9-15-16(10-18(17)24)22(31)27(21(15)30)26(11-12-5-7-13(25)8-6-12)20(29)14-3-1-2-4-19(14)28(32)33/h1-8,15-18H,9-11H2/t15-,16-,17-,18+/m1/s1. The van der Waals surface area contributed by atoms with E-state index in [0.29, 0.717) is 23.4 Å². The summed E-state index contributed by atoms with van der Waals surface area (Å²) in [7, 11) is 0. The van der Waals surface area contributed by atoms with Crippen LogP contribution >= 0.6 is 43.5 Å². The van der Waals surface area contributed by atoms with Crippen molar-refractivity contribution in [2.24, 2.45) is 11.8 Å². The predicted octanol–water partition coefficient (Wildman–Crippen LogP) is 4.73. The average Bonchev–Trinajstić information content (AvgIpc) is 3.02. The van der Waals surface area contributed by atoms with E-state index >= 15 is 0 Å². The highest BCUT2D eigenvalue weighted by atomic mass is 79.9. The molecule has 2 aromatic rings. The number of alkyl halides is 2. The Balaban J connectivity index is 1.76. The second-order valence-corrected chi connectivity index (χ2v) is 10.8. The number of rotatable bonds is 5. The van der Waals surface area contributed by atoms with Crippen molar-refractivity contribution in [3.63, 3.8) is 0 Å². The third-order valence-electron chi connectivity index (χ3n) is 5.94. The summed E-state index contributed by atoms with van der Waals surface area (Å²) in [6, 6.07) is 12.1. The molecule has 1 aliphatic carbocycles. The van der Waals surface area contributed by atoms with Gasteiger partial charge in [0.05, 0.1) is 23.3 Å². The van der Waals surface area contributed by atoms with Crippen LogP contribution in [0.2, 0.25) is 5.02 Å². The first kappa shape index (κ1) is 23.8. The minimum absolute atomic E-state index is 0.00563. The highest BCUT2D eigenvalue weighted by molar-refractivity contribution is 9.12. The van der Waals surface area contributed by atoms with Crippen LogP contribution in [0.25, 0.3) is 0 Å². The van der Waals surface area contributed by atoms with Crippen LogP contribution in [0, 0.1) is 22.0 Å². The molecule has 2 aliphatic rings. The molecule has 0 spiro atoms. The molecule has 1 heterocycles. The Labute approximate surface area is 211 Å². The third kappa shape index (κ3) is 4.56. The van der Waals surface area contributed by atoms with E-state index in [1.165, 1.54) is 24.3 Å². The summed E-state index contributed by atoms with van der Waals surface area (Å²) in [5.74, 6) is -2.89. The van der Waals surface area contributed by atoms with Crippen LogP contribution in [0.5, 0.6) is 0 Å². The van der Waals surface area contributed by atoms with E-state index in [9.17, 15) is 24.5 Å². The molecule has 4 atom stereocenters. The highest BCUT2D eigenvalue weighted by Gasteiger charge is 2.54. The van der Waals surface area contributed by atoms with Crippen LogP contribution in [-0.4, -0.2) is 42.3 Å². The fraction of sp³-hybridized carbons (Fsp3) is 0.318. The van der Waals surface area contributed by atoms with E-state index in [1.54, 1.807) is 24.3 Å². The van der Waals surface area contributed by atoms with Gasteiger partial charge in [-0.3, -0.25) is 24.5 Å². The number of benzene rings is 2. The van der Waals surface area contributed by atoms with Crippen molar-refractivity contribution in [3.05, 3.63) is 74.8 Å². The third-order valence-corrected chi connectivity index (χ3v) is 8.93. The van der Waals surface area contributed by atoms with Crippen molar-refractivity contribution < 1.29 is 19.3 Å². The normalized spacial score (nSPS) is 24.5. The van der Waals surface area contributed by atoms with Gasteiger partial charge in [-0.15, -0.1) is 0 Å². The van der Waals surface area contributed by atoms with Crippen molar-refractivity contribution in [2.75, 3.05) is 0 Å². The summed E-state index contributed by atoms with van der Waals surface area (Å²) in [6.07, 6.45) is 0.881. The predicted molar refractivity (Wildman–Crippen MR) is 128 cm³/mol. The lowest BCUT2D eigenvalue weighted by molar-refractivity contribution is -0.385. The molecular formula is C22H18Br2ClN3O5. The van der Waals surface area contributed by atoms with E-state index < -0.39 is 40.2 Å². The van der Waals surface area contributed by atoms with Gasteiger partial charge in [-0.1, -0.05) is 67.7 Å². The van der Waals surface area contributed by atoms with Gasteiger partial charge in [0.15, 0.2) is 0 Å². The number of nitro groups is 1. The summed E-state index contributed by atoms with van der Waals surface area (Å²) < 4.78 is 0. The van der Waals surface area contributed by atoms with Crippen LogP contribution < -0.4 is 0 Å². The summed E-state index contributed by atoms with van der Waals surface area (Å²) in [5.41, 5.74) is 0.00313. The number of hydrogen-bond donors (Lipinski definition) is 0. The lowest BCUT2D eigenvalue weighted by Gasteiger charge is -2.30. The van der Waals surface area contributed by atoms with Gasteiger partial charge >= 0.3 is 0 Å². The number of fused-ring (bicyclic) bond motifs is 1. The van der Waals surface area contributed by atoms with E-state index in [4.69, 9.17) is 11.6 Å². The second-order valence-electron chi connectivity index (χ2n) is 7.97. The average molecular weight is 600 g/mol. The van der Waals surface area contributed by atoms with Gasteiger partial charge in [0, 0.05) is 20.7 Å². The molecule has 0 aromatic heterocycles. The quantitative estimate of drug-likeness (QED) is 0.214. The zero-order valence-electron chi connectivity index (χ0n) is 17.1. The number of nitro benzene ring substituents is 1. The highest BCUT2D eigenvalue weighted by Crippen LogP contribution is 2.44. The molecule has 172 valence electrons. The van der Waals surface area contributed by atoms with Gasteiger partial charge < -0.3 is 0 Å². The number of amides is 3. The second kappa shape index (κ2) is 9.52.